The van der Waals surface area contributed by atoms with Crippen molar-refractivity contribution in [3.8, 4) is 5.75 Å². The Morgan fingerprint density at radius 3 is 2.92 bits per heavy atom. The second-order valence-electron chi connectivity index (χ2n) is 6.20. The van der Waals surface area contributed by atoms with Crippen molar-refractivity contribution in [2.24, 2.45) is 5.92 Å². The second kappa shape index (κ2) is 7.90. The summed E-state index contributed by atoms with van der Waals surface area (Å²) in [4.78, 5) is 26.7. The van der Waals surface area contributed by atoms with Gasteiger partial charge in [0.25, 0.3) is 0 Å². The summed E-state index contributed by atoms with van der Waals surface area (Å²) in [5.74, 6) is -0.681. The quantitative estimate of drug-likeness (QED) is 0.826. The molecule has 2 unspecified atom stereocenters. The molecule has 1 aliphatic heterocycles. The predicted molar refractivity (Wildman–Crippen MR) is 91.6 cm³/mol. The zero-order valence-corrected chi connectivity index (χ0v) is 14.4. The number of carboxylic acid groups (broad SMARTS) is 1. The molecule has 132 valence electrons. The molecule has 0 radical (unpaired) electrons. The van der Waals surface area contributed by atoms with Gasteiger partial charge in [0.2, 0.25) is 0 Å². The number of hydrogen-bond donors (Lipinski definition) is 2. The van der Waals surface area contributed by atoms with Gasteiger partial charge in [-0.05, 0) is 18.6 Å². The van der Waals surface area contributed by atoms with Gasteiger partial charge in [-0.15, -0.1) is 0 Å². The molecule has 7 heteroatoms. The van der Waals surface area contributed by atoms with Crippen LogP contribution in [0.15, 0.2) is 24.3 Å². The van der Waals surface area contributed by atoms with E-state index in [1.165, 1.54) is 4.90 Å². The number of ether oxygens (including phenoxy) is 1. The average molecular weight is 335 g/mol. The highest BCUT2D eigenvalue weighted by molar-refractivity contribution is 5.76. The van der Waals surface area contributed by atoms with E-state index >= 15 is 0 Å². The molecule has 1 aliphatic rings. The van der Waals surface area contributed by atoms with Gasteiger partial charge in [-0.2, -0.15) is 0 Å². The topological polar surface area (TPSA) is 82.1 Å². The Labute approximate surface area is 142 Å². The molecule has 0 bridgehead atoms. The number of benzene rings is 1. The number of nitrogens with one attached hydrogen (secondary N) is 1. The molecule has 0 spiro atoms. The molecule has 1 heterocycles. The van der Waals surface area contributed by atoms with E-state index < -0.39 is 11.9 Å². The molecule has 1 aromatic carbocycles. The van der Waals surface area contributed by atoms with Crippen molar-refractivity contribution in [1.29, 1.82) is 0 Å². The van der Waals surface area contributed by atoms with Crippen LogP contribution in [-0.4, -0.2) is 61.8 Å². The molecule has 2 rings (SSSR count). The van der Waals surface area contributed by atoms with Crippen molar-refractivity contribution in [2.75, 3.05) is 38.7 Å². The summed E-state index contributed by atoms with van der Waals surface area (Å²) in [6.07, 6.45) is 0.852. The minimum atomic E-state index is -0.903. The number of anilines is 1. The lowest BCUT2D eigenvalue weighted by Crippen LogP contribution is -2.46. The van der Waals surface area contributed by atoms with Gasteiger partial charge in [0.05, 0.1) is 13.0 Å². The molecule has 7 nitrogen and oxygen atoms in total. The first-order chi connectivity index (χ1) is 11.4. The minimum Gasteiger partial charge on any atom is -0.497 e. The molecule has 0 saturated carbocycles. The van der Waals surface area contributed by atoms with Gasteiger partial charge >= 0.3 is 12.0 Å². The van der Waals surface area contributed by atoms with Crippen LogP contribution in [0.5, 0.6) is 5.75 Å². The van der Waals surface area contributed by atoms with E-state index in [0.29, 0.717) is 0 Å². The van der Waals surface area contributed by atoms with Crippen LogP contribution >= 0.6 is 0 Å². The van der Waals surface area contributed by atoms with Gasteiger partial charge in [-0.1, -0.05) is 13.0 Å². The number of amides is 2. The molecule has 1 aromatic rings. The van der Waals surface area contributed by atoms with E-state index in [1.807, 2.05) is 24.3 Å². The molecule has 0 aromatic heterocycles. The number of carbonyl (C=O) groups excluding carboxylic acids is 1. The van der Waals surface area contributed by atoms with Gasteiger partial charge in [-0.25, -0.2) is 4.79 Å². The number of nitrogens with zero attached hydrogens (tertiary/aromatic N) is 2. The largest absolute Gasteiger partial charge is 0.497 e. The first-order valence-electron chi connectivity index (χ1n) is 8.04. The first kappa shape index (κ1) is 17.9. The SMILES string of the molecule is COc1cccc(N2CCC(NC(=O)N(C)CC(C)C(=O)O)C2)c1. The van der Waals surface area contributed by atoms with E-state index in [4.69, 9.17) is 9.84 Å². The molecule has 2 N–H and O–H groups in total. The van der Waals surface area contributed by atoms with Crippen LogP contribution < -0.4 is 15.0 Å². The maximum absolute atomic E-state index is 12.2. The van der Waals surface area contributed by atoms with Crippen LogP contribution in [0.2, 0.25) is 0 Å². The number of carbonyl (C=O) groups is 2. The van der Waals surface area contributed by atoms with Crippen LogP contribution in [0.4, 0.5) is 10.5 Å². The van der Waals surface area contributed by atoms with Crippen LogP contribution in [0, 0.1) is 5.92 Å². The van der Waals surface area contributed by atoms with E-state index in [0.717, 1.165) is 30.9 Å². The number of urea groups is 1. The maximum Gasteiger partial charge on any atom is 0.317 e. The van der Waals surface area contributed by atoms with E-state index in [9.17, 15) is 9.59 Å². The fourth-order valence-electron chi connectivity index (χ4n) is 2.78. The third kappa shape index (κ3) is 4.53. The molecular formula is C17H25N3O4. The number of aliphatic carboxylic acids is 1. The van der Waals surface area contributed by atoms with Gasteiger partial charge in [0.1, 0.15) is 5.75 Å². The zero-order valence-electron chi connectivity index (χ0n) is 14.4. The number of carboxylic acids is 1. The van der Waals surface area contributed by atoms with Crippen LogP contribution in [0.25, 0.3) is 0 Å². The lowest BCUT2D eigenvalue weighted by atomic mass is 10.2. The van der Waals surface area contributed by atoms with Gasteiger partial charge in [0, 0.05) is 44.5 Å². The smallest absolute Gasteiger partial charge is 0.317 e. The molecule has 2 amide bonds. The second-order valence-corrected chi connectivity index (χ2v) is 6.20. The van der Waals surface area contributed by atoms with Gasteiger partial charge in [0.15, 0.2) is 0 Å². The van der Waals surface area contributed by atoms with E-state index in [2.05, 4.69) is 10.2 Å². The Bertz CT molecular complexity index is 593. The predicted octanol–water partition coefficient (Wildman–Crippen LogP) is 1.64. The third-order valence-electron chi connectivity index (χ3n) is 4.25. The van der Waals surface area contributed by atoms with Crippen molar-refractivity contribution in [2.45, 2.75) is 19.4 Å². The van der Waals surface area contributed by atoms with Crippen molar-refractivity contribution < 1.29 is 19.4 Å². The number of rotatable bonds is 6. The normalized spacial score (nSPS) is 18.1. The fraction of sp³-hybridized carbons (Fsp3) is 0.529. The van der Waals surface area contributed by atoms with E-state index in [-0.39, 0.29) is 18.6 Å². The molecule has 1 saturated heterocycles. The first-order valence-corrected chi connectivity index (χ1v) is 8.04. The highest BCUT2D eigenvalue weighted by Gasteiger charge is 2.26. The molecule has 1 fully saturated rings. The third-order valence-corrected chi connectivity index (χ3v) is 4.25. The van der Waals surface area contributed by atoms with Crippen molar-refractivity contribution >= 4 is 17.7 Å². The summed E-state index contributed by atoms with van der Waals surface area (Å²) >= 11 is 0. The summed E-state index contributed by atoms with van der Waals surface area (Å²) < 4.78 is 5.24. The van der Waals surface area contributed by atoms with Crippen LogP contribution in [-0.2, 0) is 4.79 Å². The van der Waals surface area contributed by atoms with E-state index in [1.54, 1.807) is 21.1 Å². The van der Waals surface area contributed by atoms with Crippen molar-refractivity contribution in [3.63, 3.8) is 0 Å². The fourth-order valence-corrected chi connectivity index (χ4v) is 2.78. The van der Waals surface area contributed by atoms with Crippen LogP contribution in [0.3, 0.4) is 0 Å². The van der Waals surface area contributed by atoms with Crippen LogP contribution in [0.1, 0.15) is 13.3 Å². The Morgan fingerprint density at radius 1 is 1.50 bits per heavy atom. The standard InChI is InChI=1S/C17H25N3O4/c1-12(16(21)22)10-19(2)17(23)18-13-7-8-20(11-13)14-5-4-6-15(9-14)24-3/h4-6,9,12-13H,7-8,10-11H2,1-3H3,(H,18,23)(H,21,22). The molecule has 2 atom stereocenters. The summed E-state index contributed by atoms with van der Waals surface area (Å²) in [7, 11) is 3.25. The average Bonchev–Trinajstić information content (AvgIpc) is 3.03. The Morgan fingerprint density at radius 2 is 2.25 bits per heavy atom. The Balaban J connectivity index is 1.86. The van der Waals surface area contributed by atoms with Crippen molar-refractivity contribution in [1.82, 2.24) is 10.2 Å². The van der Waals surface area contributed by atoms with Gasteiger partial charge < -0.3 is 25.0 Å². The number of methoxy groups -OCH3 is 1. The van der Waals surface area contributed by atoms with Crippen molar-refractivity contribution in [3.05, 3.63) is 24.3 Å². The number of hydrogen-bond acceptors (Lipinski definition) is 4. The lowest BCUT2D eigenvalue weighted by Gasteiger charge is -2.23. The highest BCUT2D eigenvalue weighted by Crippen LogP contribution is 2.24. The monoisotopic (exact) mass is 335 g/mol. The minimum absolute atomic E-state index is 0.0475. The molecule has 0 aliphatic carbocycles. The molecule has 24 heavy (non-hydrogen) atoms. The summed E-state index contributed by atoms with van der Waals surface area (Å²) in [5.41, 5.74) is 1.07. The zero-order chi connectivity index (χ0) is 17.7. The maximum atomic E-state index is 12.2. The Kier molecular flexibility index (Phi) is 5.89. The lowest BCUT2D eigenvalue weighted by molar-refractivity contribution is -0.141. The Hall–Kier alpha value is -2.44. The highest BCUT2D eigenvalue weighted by atomic mass is 16.5. The summed E-state index contributed by atoms with van der Waals surface area (Å²) in [6, 6.07) is 7.66. The molecular weight excluding hydrogens is 310 g/mol. The summed E-state index contributed by atoms with van der Waals surface area (Å²) in [5, 5.41) is 11.9. The van der Waals surface area contributed by atoms with Gasteiger partial charge in [-0.3, -0.25) is 4.79 Å². The summed E-state index contributed by atoms with van der Waals surface area (Å²) in [6.45, 7) is 3.36.